The predicted molar refractivity (Wildman–Crippen MR) is 99.5 cm³/mol. The number of carbonyl (C=O) groups excluding carboxylic acids is 2. The number of rotatable bonds is 5. The number of nitrogens with zero attached hydrogens (tertiary/aromatic N) is 1. The molecule has 2 aromatic rings. The van der Waals surface area contributed by atoms with Crippen LogP contribution in [0.5, 0.6) is 0 Å². The van der Waals surface area contributed by atoms with Crippen molar-refractivity contribution in [1.29, 1.82) is 0 Å². The summed E-state index contributed by atoms with van der Waals surface area (Å²) in [6, 6.07) is 12.2. The van der Waals surface area contributed by atoms with E-state index < -0.39 is 0 Å². The molecule has 5 heteroatoms. The number of anilines is 1. The molecular weight excluding hydrogens is 331 g/mol. The van der Waals surface area contributed by atoms with Crippen molar-refractivity contribution in [2.75, 3.05) is 18.0 Å². The van der Waals surface area contributed by atoms with Gasteiger partial charge in [0.05, 0.1) is 5.92 Å². The van der Waals surface area contributed by atoms with E-state index in [1.807, 2.05) is 32.0 Å². The monoisotopic (exact) mass is 354 g/mol. The largest absolute Gasteiger partial charge is 0.355 e. The quantitative estimate of drug-likeness (QED) is 0.897. The maximum absolute atomic E-state index is 12.9. The van der Waals surface area contributed by atoms with Gasteiger partial charge < -0.3 is 10.2 Å². The van der Waals surface area contributed by atoms with Gasteiger partial charge in [0.1, 0.15) is 5.82 Å². The minimum atomic E-state index is -0.336. The van der Waals surface area contributed by atoms with Crippen molar-refractivity contribution in [3.8, 4) is 0 Å². The Morgan fingerprint density at radius 3 is 2.58 bits per heavy atom. The summed E-state index contributed by atoms with van der Waals surface area (Å²) in [4.78, 5) is 26.4. The Balaban J connectivity index is 1.54. The molecule has 1 N–H and O–H groups in total. The Hall–Kier alpha value is -2.69. The molecule has 3 rings (SSSR count). The van der Waals surface area contributed by atoms with E-state index in [1.54, 1.807) is 17.0 Å². The van der Waals surface area contributed by atoms with E-state index in [0.717, 1.165) is 16.8 Å². The molecule has 1 atom stereocenters. The second-order valence-corrected chi connectivity index (χ2v) is 6.84. The molecule has 0 unspecified atom stereocenters. The highest BCUT2D eigenvalue weighted by atomic mass is 19.1. The van der Waals surface area contributed by atoms with Gasteiger partial charge in [-0.15, -0.1) is 0 Å². The number of nitrogens with one attached hydrogen (secondary N) is 1. The van der Waals surface area contributed by atoms with Gasteiger partial charge in [-0.2, -0.15) is 0 Å². The zero-order chi connectivity index (χ0) is 18.7. The highest BCUT2D eigenvalue weighted by molar-refractivity contribution is 6.00. The van der Waals surface area contributed by atoms with Crippen LogP contribution in [-0.4, -0.2) is 24.9 Å². The SMILES string of the molecule is Cc1ccc(N2C[C@@H](C(=O)NCCc3ccc(F)cc3)CC2=O)cc1C. The third kappa shape index (κ3) is 4.10. The number of benzene rings is 2. The van der Waals surface area contributed by atoms with Crippen LogP contribution in [0.1, 0.15) is 23.1 Å². The molecule has 2 aromatic carbocycles. The van der Waals surface area contributed by atoms with Gasteiger partial charge in [0.2, 0.25) is 11.8 Å². The Bertz CT molecular complexity index is 817. The summed E-state index contributed by atoms with van der Waals surface area (Å²) in [6.45, 7) is 4.92. The van der Waals surface area contributed by atoms with Crippen LogP contribution in [0.2, 0.25) is 0 Å². The van der Waals surface area contributed by atoms with E-state index >= 15 is 0 Å². The van der Waals surface area contributed by atoms with Gasteiger partial charge in [-0.1, -0.05) is 18.2 Å². The lowest BCUT2D eigenvalue weighted by Gasteiger charge is -2.18. The van der Waals surface area contributed by atoms with Crippen LogP contribution in [0.3, 0.4) is 0 Å². The van der Waals surface area contributed by atoms with Crippen molar-refractivity contribution >= 4 is 17.5 Å². The van der Waals surface area contributed by atoms with Crippen molar-refractivity contribution in [3.05, 3.63) is 65.0 Å². The molecule has 0 spiro atoms. The average molecular weight is 354 g/mol. The fraction of sp³-hybridized carbons (Fsp3) is 0.333. The van der Waals surface area contributed by atoms with E-state index in [0.29, 0.717) is 19.5 Å². The van der Waals surface area contributed by atoms with Gasteiger partial charge in [0.15, 0.2) is 0 Å². The van der Waals surface area contributed by atoms with Crippen molar-refractivity contribution in [1.82, 2.24) is 5.32 Å². The van der Waals surface area contributed by atoms with Crippen molar-refractivity contribution in [3.63, 3.8) is 0 Å². The molecule has 0 bridgehead atoms. The summed E-state index contributed by atoms with van der Waals surface area (Å²) >= 11 is 0. The number of carbonyl (C=O) groups is 2. The zero-order valence-electron chi connectivity index (χ0n) is 15.1. The van der Waals surface area contributed by atoms with Crippen LogP contribution in [-0.2, 0) is 16.0 Å². The molecule has 2 amide bonds. The standard InChI is InChI=1S/C21H23FN2O2/c1-14-3-8-19(11-15(14)2)24-13-17(12-20(24)25)21(26)23-10-9-16-4-6-18(22)7-5-16/h3-8,11,17H,9-10,12-13H2,1-2H3,(H,23,26)/t17-/m0/s1. The molecule has 1 aliphatic rings. The Morgan fingerprint density at radius 2 is 1.88 bits per heavy atom. The number of aryl methyl sites for hydroxylation is 2. The summed E-state index contributed by atoms with van der Waals surface area (Å²) in [5.41, 5.74) is 4.11. The van der Waals surface area contributed by atoms with Crippen molar-refractivity contribution in [2.45, 2.75) is 26.7 Å². The Morgan fingerprint density at radius 1 is 1.15 bits per heavy atom. The fourth-order valence-electron chi connectivity index (χ4n) is 3.15. The van der Waals surface area contributed by atoms with Crippen molar-refractivity contribution < 1.29 is 14.0 Å². The van der Waals surface area contributed by atoms with Crippen LogP contribution in [0.4, 0.5) is 10.1 Å². The summed E-state index contributed by atoms with van der Waals surface area (Å²) in [5.74, 6) is -0.732. The maximum atomic E-state index is 12.9. The minimum absolute atomic E-state index is 0.0214. The minimum Gasteiger partial charge on any atom is -0.355 e. The molecule has 1 fully saturated rings. The van der Waals surface area contributed by atoms with Crippen LogP contribution < -0.4 is 10.2 Å². The second-order valence-electron chi connectivity index (χ2n) is 6.84. The van der Waals surface area contributed by atoms with Gasteiger partial charge in [0.25, 0.3) is 0 Å². The van der Waals surface area contributed by atoms with Gasteiger partial charge in [-0.25, -0.2) is 4.39 Å². The Labute approximate surface area is 153 Å². The molecule has 26 heavy (non-hydrogen) atoms. The van der Waals surface area contributed by atoms with Crippen LogP contribution >= 0.6 is 0 Å². The van der Waals surface area contributed by atoms with Gasteiger partial charge in [-0.05, 0) is 61.2 Å². The molecule has 0 aliphatic carbocycles. The topological polar surface area (TPSA) is 49.4 Å². The smallest absolute Gasteiger partial charge is 0.227 e. The van der Waals surface area contributed by atoms with E-state index in [-0.39, 0.29) is 30.0 Å². The summed E-state index contributed by atoms with van der Waals surface area (Å²) in [5, 5.41) is 2.89. The van der Waals surface area contributed by atoms with E-state index in [9.17, 15) is 14.0 Å². The van der Waals surface area contributed by atoms with Crippen LogP contribution in [0.15, 0.2) is 42.5 Å². The van der Waals surface area contributed by atoms with Crippen molar-refractivity contribution in [2.24, 2.45) is 5.92 Å². The Kier molecular flexibility index (Phi) is 5.35. The number of amides is 2. The van der Waals surface area contributed by atoms with E-state index in [2.05, 4.69) is 5.32 Å². The summed E-state index contributed by atoms with van der Waals surface area (Å²) in [6.07, 6.45) is 0.864. The molecule has 1 aliphatic heterocycles. The summed E-state index contributed by atoms with van der Waals surface area (Å²) in [7, 11) is 0. The first kappa shape index (κ1) is 18.1. The molecule has 1 heterocycles. The lowest BCUT2D eigenvalue weighted by Crippen LogP contribution is -2.34. The highest BCUT2D eigenvalue weighted by Crippen LogP contribution is 2.26. The van der Waals surface area contributed by atoms with Crippen LogP contribution in [0.25, 0.3) is 0 Å². The highest BCUT2D eigenvalue weighted by Gasteiger charge is 2.35. The van der Waals surface area contributed by atoms with Gasteiger partial charge in [0, 0.05) is 25.2 Å². The zero-order valence-corrected chi connectivity index (χ0v) is 15.1. The van der Waals surface area contributed by atoms with Gasteiger partial charge >= 0.3 is 0 Å². The number of halogens is 1. The lowest BCUT2D eigenvalue weighted by atomic mass is 10.1. The molecule has 0 saturated carbocycles. The van der Waals surface area contributed by atoms with E-state index in [4.69, 9.17) is 0 Å². The first-order valence-corrected chi connectivity index (χ1v) is 8.84. The molecule has 0 aromatic heterocycles. The number of hydrogen-bond donors (Lipinski definition) is 1. The third-order valence-corrected chi connectivity index (χ3v) is 4.92. The molecule has 4 nitrogen and oxygen atoms in total. The molecule has 1 saturated heterocycles. The summed E-state index contributed by atoms with van der Waals surface area (Å²) < 4.78 is 12.9. The third-order valence-electron chi connectivity index (χ3n) is 4.92. The maximum Gasteiger partial charge on any atom is 0.227 e. The average Bonchev–Trinajstić information content (AvgIpc) is 3.01. The molecule has 0 radical (unpaired) electrons. The second kappa shape index (κ2) is 7.68. The predicted octanol–water partition coefficient (Wildman–Crippen LogP) is 3.15. The first-order chi connectivity index (χ1) is 12.4. The van der Waals surface area contributed by atoms with E-state index in [1.165, 1.54) is 17.7 Å². The van der Waals surface area contributed by atoms with Crippen LogP contribution in [0, 0.1) is 25.6 Å². The molecular formula is C21H23FN2O2. The fourth-order valence-corrected chi connectivity index (χ4v) is 3.15. The normalized spacial score (nSPS) is 16.8. The lowest BCUT2D eigenvalue weighted by molar-refractivity contribution is -0.126. The molecule has 136 valence electrons. The van der Waals surface area contributed by atoms with Gasteiger partial charge in [-0.3, -0.25) is 9.59 Å². The number of hydrogen-bond acceptors (Lipinski definition) is 2. The first-order valence-electron chi connectivity index (χ1n) is 8.84.